The van der Waals surface area contributed by atoms with Crippen LogP contribution >= 0.6 is 0 Å². The summed E-state index contributed by atoms with van der Waals surface area (Å²) < 4.78 is 13.1. The second-order valence-electron chi connectivity index (χ2n) is 5.14. The number of nitrogens with one attached hydrogen (secondary N) is 2. The molecule has 0 fully saturated rings. The summed E-state index contributed by atoms with van der Waals surface area (Å²) in [7, 11) is 1.87. The fraction of sp³-hybridized carbons (Fsp3) is 0.176. The monoisotopic (exact) mass is 298 g/mol. The Kier molecular flexibility index (Phi) is 5.23. The largest absolute Gasteiger partial charge is 0.326 e. The van der Waals surface area contributed by atoms with E-state index in [0.717, 1.165) is 10.5 Å². The van der Waals surface area contributed by atoms with Gasteiger partial charge in [-0.1, -0.05) is 24.3 Å². The summed E-state index contributed by atoms with van der Waals surface area (Å²) in [5.41, 5.74) is 1.96. The van der Waals surface area contributed by atoms with Gasteiger partial charge in [0.2, 0.25) is 0 Å². The number of likely N-dealkylation sites (N-methyl/N-ethyl adjacent to an activating group) is 1. The number of halogens is 1. The van der Waals surface area contributed by atoms with Crippen molar-refractivity contribution in [2.24, 2.45) is 0 Å². The van der Waals surface area contributed by atoms with E-state index >= 15 is 0 Å². The lowest BCUT2D eigenvalue weighted by Crippen LogP contribution is -3.08. The smallest absolute Gasteiger partial charge is 0.279 e. The number of amides is 1. The lowest BCUT2D eigenvalue weighted by molar-refractivity contribution is -0.885. The van der Waals surface area contributed by atoms with Crippen molar-refractivity contribution in [3.63, 3.8) is 0 Å². The molecule has 0 aliphatic rings. The first-order valence-corrected chi connectivity index (χ1v) is 6.93. The number of quaternary nitrogens is 1. The molecule has 0 saturated heterocycles. The van der Waals surface area contributed by atoms with Crippen LogP contribution in [0.25, 0.3) is 0 Å². The first-order chi connectivity index (χ1) is 10.6. The van der Waals surface area contributed by atoms with Crippen LogP contribution in [0.1, 0.15) is 11.1 Å². The zero-order chi connectivity index (χ0) is 15.9. The lowest BCUT2D eigenvalue weighted by atomic mass is 10.1. The van der Waals surface area contributed by atoms with Crippen LogP contribution < -0.4 is 10.2 Å². The maximum absolute atomic E-state index is 13.1. The van der Waals surface area contributed by atoms with Crippen LogP contribution in [0, 0.1) is 17.1 Å². The molecule has 1 amide bonds. The van der Waals surface area contributed by atoms with E-state index in [0.29, 0.717) is 17.8 Å². The molecule has 5 heteroatoms. The van der Waals surface area contributed by atoms with Crippen molar-refractivity contribution in [2.75, 3.05) is 18.9 Å². The Morgan fingerprint density at radius 1 is 1.27 bits per heavy atom. The van der Waals surface area contributed by atoms with Gasteiger partial charge >= 0.3 is 0 Å². The Morgan fingerprint density at radius 3 is 2.77 bits per heavy atom. The average molecular weight is 298 g/mol. The van der Waals surface area contributed by atoms with Crippen LogP contribution in [-0.2, 0) is 11.3 Å². The minimum absolute atomic E-state index is 0.197. The summed E-state index contributed by atoms with van der Waals surface area (Å²) in [5.74, 6) is -0.584. The number of benzene rings is 2. The Morgan fingerprint density at radius 2 is 2.05 bits per heavy atom. The summed E-state index contributed by atoms with van der Waals surface area (Å²) in [4.78, 5) is 12.9. The van der Waals surface area contributed by atoms with Gasteiger partial charge in [-0.05, 0) is 24.3 Å². The maximum atomic E-state index is 13.1. The molecule has 2 rings (SSSR count). The van der Waals surface area contributed by atoms with Crippen LogP contribution in [0.5, 0.6) is 0 Å². The topological polar surface area (TPSA) is 57.3 Å². The predicted octanol–water partition coefficient (Wildman–Crippen LogP) is 1.35. The van der Waals surface area contributed by atoms with Crippen molar-refractivity contribution in [3.05, 3.63) is 65.5 Å². The van der Waals surface area contributed by atoms with Crippen molar-refractivity contribution in [1.29, 1.82) is 5.26 Å². The molecule has 0 saturated carbocycles. The van der Waals surface area contributed by atoms with Gasteiger partial charge in [0.05, 0.1) is 18.7 Å². The number of hydrogen-bond acceptors (Lipinski definition) is 2. The summed E-state index contributed by atoms with van der Waals surface area (Å²) in [5, 5.41) is 11.7. The molecule has 0 aliphatic carbocycles. The highest BCUT2D eigenvalue weighted by molar-refractivity contribution is 5.91. The number of carbonyl (C=O) groups is 1. The summed E-state index contributed by atoms with van der Waals surface area (Å²) in [6.07, 6.45) is 0. The Hall–Kier alpha value is -2.71. The third-order valence-corrected chi connectivity index (χ3v) is 3.20. The number of hydrogen-bond donors (Lipinski definition) is 2. The van der Waals surface area contributed by atoms with Gasteiger partial charge in [0.25, 0.3) is 5.91 Å². The van der Waals surface area contributed by atoms with Gasteiger partial charge in [-0.25, -0.2) is 4.39 Å². The van der Waals surface area contributed by atoms with E-state index in [4.69, 9.17) is 5.26 Å². The average Bonchev–Trinajstić information content (AvgIpc) is 2.47. The molecule has 1 atom stereocenters. The molecular weight excluding hydrogens is 281 g/mol. The van der Waals surface area contributed by atoms with E-state index in [1.165, 1.54) is 12.1 Å². The lowest BCUT2D eigenvalue weighted by Gasteiger charge is -2.14. The van der Waals surface area contributed by atoms with E-state index < -0.39 is 0 Å². The number of nitrogens with zero attached hydrogens (tertiary/aromatic N) is 1. The van der Waals surface area contributed by atoms with Crippen molar-refractivity contribution < 1.29 is 14.1 Å². The second-order valence-corrected chi connectivity index (χ2v) is 5.14. The number of rotatable bonds is 5. The minimum Gasteiger partial charge on any atom is -0.326 e. The quantitative estimate of drug-likeness (QED) is 0.875. The van der Waals surface area contributed by atoms with Gasteiger partial charge in [-0.2, -0.15) is 5.26 Å². The van der Waals surface area contributed by atoms with E-state index in [-0.39, 0.29) is 18.3 Å². The number of anilines is 1. The fourth-order valence-corrected chi connectivity index (χ4v) is 2.22. The van der Waals surface area contributed by atoms with Gasteiger partial charge in [0.15, 0.2) is 6.54 Å². The van der Waals surface area contributed by atoms with Gasteiger partial charge in [-0.3, -0.25) is 4.79 Å². The molecule has 4 nitrogen and oxygen atoms in total. The molecule has 22 heavy (non-hydrogen) atoms. The molecule has 0 spiro atoms. The molecule has 1 unspecified atom stereocenters. The number of carbonyl (C=O) groups excluding carboxylic acids is 1. The van der Waals surface area contributed by atoms with Crippen LogP contribution in [0.4, 0.5) is 10.1 Å². The highest BCUT2D eigenvalue weighted by Gasteiger charge is 2.13. The third-order valence-electron chi connectivity index (χ3n) is 3.20. The normalized spacial score (nSPS) is 11.5. The minimum atomic E-state index is -0.388. The van der Waals surface area contributed by atoms with Gasteiger partial charge in [0, 0.05) is 11.3 Å². The van der Waals surface area contributed by atoms with E-state index in [2.05, 4.69) is 11.4 Å². The zero-order valence-corrected chi connectivity index (χ0v) is 12.3. The molecule has 2 aromatic carbocycles. The SMILES string of the molecule is C[NH+](CC(=O)Nc1cccc(F)c1)Cc1ccccc1C#N. The molecule has 0 bridgehead atoms. The van der Waals surface area contributed by atoms with E-state index in [1.54, 1.807) is 18.2 Å². The Bertz CT molecular complexity index is 709. The van der Waals surface area contributed by atoms with Crippen LogP contribution in [0.3, 0.4) is 0 Å². The first kappa shape index (κ1) is 15.7. The van der Waals surface area contributed by atoms with Gasteiger partial charge in [0.1, 0.15) is 12.4 Å². The Balaban J connectivity index is 1.93. The summed E-state index contributed by atoms with van der Waals surface area (Å²) in [6, 6.07) is 15.3. The van der Waals surface area contributed by atoms with Gasteiger partial charge in [-0.15, -0.1) is 0 Å². The maximum Gasteiger partial charge on any atom is 0.279 e. The first-order valence-electron chi connectivity index (χ1n) is 6.93. The third kappa shape index (κ3) is 4.40. The molecule has 2 aromatic rings. The van der Waals surface area contributed by atoms with Crippen molar-refractivity contribution >= 4 is 11.6 Å². The van der Waals surface area contributed by atoms with Crippen molar-refractivity contribution in [1.82, 2.24) is 0 Å². The molecule has 112 valence electrons. The Labute approximate surface area is 128 Å². The van der Waals surface area contributed by atoms with Crippen LogP contribution in [-0.4, -0.2) is 19.5 Å². The van der Waals surface area contributed by atoms with Gasteiger partial charge < -0.3 is 10.2 Å². The highest BCUT2D eigenvalue weighted by atomic mass is 19.1. The molecular formula is C17H17FN3O+. The molecule has 0 radical (unpaired) electrons. The molecule has 0 heterocycles. The van der Waals surface area contributed by atoms with E-state index in [1.807, 2.05) is 25.2 Å². The van der Waals surface area contributed by atoms with Crippen LogP contribution in [0.2, 0.25) is 0 Å². The molecule has 2 N–H and O–H groups in total. The molecule has 0 aromatic heterocycles. The van der Waals surface area contributed by atoms with E-state index in [9.17, 15) is 9.18 Å². The summed E-state index contributed by atoms with van der Waals surface area (Å²) in [6.45, 7) is 0.802. The molecule has 0 aliphatic heterocycles. The highest BCUT2D eigenvalue weighted by Crippen LogP contribution is 2.08. The fourth-order valence-electron chi connectivity index (χ4n) is 2.22. The van der Waals surface area contributed by atoms with Crippen LogP contribution in [0.15, 0.2) is 48.5 Å². The number of nitriles is 1. The summed E-state index contributed by atoms with van der Waals surface area (Å²) >= 11 is 0. The zero-order valence-electron chi connectivity index (χ0n) is 12.3. The standard InChI is InChI=1S/C17H16FN3O/c1-21(11-14-6-3-2-5-13(14)10-19)12-17(22)20-16-8-4-7-15(18)9-16/h2-9H,11-12H2,1H3,(H,20,22)/p+1. The second kappa shape index (κ2) is 7.34. The predicted molar refractivity (Wildman–Crippen MR) is 81.6 cm³/mol. The van der Waals surface area contributed by atoms with Crippen molar-refractivity contribution in [2.45, 2.75) is 6.54 Å². The van der Waals surface area contributed by atoms with Crippen molar-refractivity contribution in [3.8, 4) is 6.07 Å².